The molecule has 1 unspecified atom stereocenters. The van der Waals surface area contributed by atoms with Gasteiger partial charge in [-0.15, -0.1) is 6.58 Å². The van der Waals surface area contributed by atoms with E-state index in [0.717, 1.165) is 32.1 Å². The van der Waals surface area contributed by atoms with Gasteiger partial charge in [0.05, 0.1) is 12.7 Å². The number of hydrogen-bond acceptors (Lipinski definition) is 2. The quantitative estimate of drug-likeness (QED) is 0.229. The van der Waals surface area contributed by atoms with E-state index in [9.17, 15) is 5.11 Å². The minimum absolute atomic E-state index is 0.182. The molecule has 1 N–H and O–H groups in total. The van der Waals surface area contributed by atoms with Gasteiger partial charge in [-0.3, -0.25) is 0 Å². The van der Waals surface area contributed by atoms with Gasteiger partial charge in [-0.25, -0.2) is 0 Å². The molecule has 0 aromatic carbocycles. The first-order valence-electron chi connectivity index (χ1n) is 9.77. The molecule has 0 rings (SSSR count). The van der Waals surface area contributed by atoms with Crippen molar-refractivity contribution < 1.29 is 9.53 Å². The lowest BCUT2D eigenvalue weighted by Gasteiger charge is -2.37. The Bertz CT molecular complexity index is 367. The predicted octanol–water partition coefficient (Wildman–Crippen LogP) is 6.62. The van der Waals surface area contributed by atoms with E-state index in [-0.39, 0.29) is 5.04 Å². The number of allylic oxidation sites excluding steroid dienone is 2. The molecule has 1 atom stereocenters. The fourth-order valence-corrected chi connectivity index (χ4v) is 3.33. The van der Waals surface area contributed by atoms with Crippen molar-refractivity contribution in [3.8, 4) is 0 Å². The summed E-state index contributed by atoms with van der Waals surface area (Å²) in [6.07, 6.45) is 12.9. The Balaban J connectivity index is 4.64. The first kappa shape index (κ1) is 23.6. The second kappa shape index (κ2) is 12.0. The summed E-state index contributed by atoms with van der Waals surface area (Å²) in [5, 5.41) is 10.8. The standard InChI is InChI=1S/C21H42O2Si/c1-8-10-12-14-16-19(17-15-13-11-9-2)20(22)18-23-24(6,7)21(3,4)5/h8,16,20,22H,1,9-15,17-18H2,2-7H3/b19-16+. The van der Waals surface area contributed by atoms with Gasteiger partial charge in [0.2, 0.25) is 0 Å². The van der Waals surface area contributed by atoms with Crippen LogP contribution in [0, 0.1) is 0 Å². The molecule has 0 heterocycles. The van der Waals surface area contributed by atoms with E-state index in [4.69, 9.17) is 4.43 Å². The number of unbranched alkanes of at least 4 members (excludes halogenated alkanes) is 5. The minimum Gasteiger partial charge on any atom is -0.414 e. The molecule has 0 saturated heterocycles. The first-order chi connectivity index (χ1) is 11.2. The summed E-state index contributed by atoms with van der Waals surface area (Å²) in [6.45, 7) is 17.7. The molecule has 24 heavy (non-hydrogen) atoms. The number of rotatable bonds is 13. The Morgan fingerprint density at radius 1 is 1.12 bits per heavy atom. The summed E-state index contributed by atoms with van der Waals surface area (Å²) in [5.41, 5.74) is 1.17. The highest BCUT2D eigenvalue weighted by molar-refractivity contribution is 6.74. The molecule has 0 aromatic rings. The molecule has 0 aliphatic rings. The highest BCUT2D eigenvalue weighted by Crippen LogP contribution is 2.36. The molecule has 0 fully saturated rings. The average Bonchev–Trinajstić information content (AvgIpc) is 2.50. The molecule has 0 radical (unpaired) electrons. The van der Waals surface area contributed by atoms with Crippen LogP contribution in [-0.2, 0) is 4.43 Å². The van der Waals surface area contributed by atoms with Gasteiger partial charge >= 0.3 is 0 Å². The van der Waals surface area contributed by atoms with Crippen LogP contribution >= 0.6 is 0 Å². The Hall–Kier alpha value is -0.383. The molecule has 0 aliphatic heterocycles. The summed E-state index contributed by atoms with van der Waals surface area (Å²) in [7, 11) is -1.80. The van der Waals surface area contributed by atoms with Crippen molar-refractivity contribution in [1.29, 1.82) is 0 Å². The lowest BCUT2D eigenvalue weighted by Crippen LogP contribution is -2.42. The topological polar surface area (TPSA) is 29.5 Å². The second-order valence-electron chi connectivity index (χ2n) is 8.40. The van der Waals surface area contributed by atoms with Crippen LogP contribution in [0.5, 0.6) is 0 Å². The van der Waals surface area contributed by atoms with Crippen molar-refractivity contribution in [2.75, 3.05) is 6.61 Å². The third-order valence-corrected chi connectivity index (χ3v) is 9.67. The van der Waals surface area contributed by atoms with Crippen LogP contribution in [0.1, 0.15) is 79.1 Å². The monoisotopic (exact) mass is 354 g/mol. The van der Waals surface area contributed by atoms with Crippen molar-refractivity contribution in [3.05, 3.63) is 24.3 Å². The molecule has 0 aromatic heterocycles. The van der Waals surface area contributed by atoms with Crippen LogP contribution in [0.3, 0.4) is 0 Å². The van der Waals surface area contributed by atoms with Crippen molar-refractivity contribution in [3.63, 3.8) is 0 Å². The summed E-state index contributed by atoms with van der Waals surface area (Å²) < 4.78 is 6.22. The predicted molar refractivity (Wildman–Crippen MR) is 110 cm³/mol. The van der Waals surface area contributed by atoms with Crippen molar-refractivity contribution in [2.45, 2.75) is 103 Å². The molecule has 2 nitrogen and oxygen atoms in total. The molecule has 0 bridgehead atoms. The largest absolute Gasteiger partial charge is 0.414 e. The number of aliphatic hydroxyl groups excluding tert-OH is 1. The van der Waals surface area contributed by atoms with E-state index in [1.165, 1.54) is 24.8 Å². The van der Waals surface area contributed by atoms with Gasteiger partial charge in [0.25, 0.3) is 0 Å². The smallest absolute Gasteiger partial charge is 0.192 e. The van der Waals surface area contributed by atoms with Gasteiger partial charge in [0, 0.05) is 0 Å². The lowest BCUT2D eigenvalue weighted by atomic mass is 10.00. The van der Waals surface area contributed by atoms with Crippen molar-refractivity contribution in [1.82, 2.24) is 0 Å². The van der Waals surface area contributed by atoms with Gasteiger partial charge in [0.15, 0.2) is 8.32 Å². The second-order valence-corrected chi connectivity index (χ2v) is 13.2. The Morgan fingerprint density at radius 3 is 2.33 bits per heavy atom. The average molecular weight is 355 g/mol. The van der Waals surface area contributed by atoms with Crippen LogP contribution in [0.4, 0.5) is 0 Å². The van der Waals surface area contributed by atoms with Gasteiger partial charge in [-0.2, -0.15) is 0 Å². The zero-order chi connectivity index (χ0) is 18.6. The highest BCUT2D eigenvalue weighted by Gasteiger charge is 2.37. The van der Waals surface area contributed by atoms with Crippen LogP contribution in [-0.4, -0.2) is 26.1 Å². The maximum Gasteiger partial charge on any atom is 0.192 e. The van der Waals surface area contributed by atoms with E-state index >= 15 is 0 Å². The zero-order valence-electron chi connectivity index (χ0n) is 17.2. The van der Waals surface area contributed by atoms with E-state index in [0.29, 0.717) is 6.61 Å². The molecule has 0 aliphatic carbocycles. The van der Waals surface area contributed by atoms with Gasteiger partial charge in [-0.05, 0) is 55.8 Å². The van der Waals surface area contributed by atoms with E-state index < -0.39 is 14.4 Å². The van der Waals surface area contributed by atoms with Gasteiger partial charge in [-0.1, -0.05) is 59.1 Å². The van der Waals surface area contributed by atoms with E-state index in [2.05, 4.69) is 53.4 Å². The van der Waals surface area contributed by atoms with Crippen LogP contribution in [0.2, 0.25) is 18.1 Å². The third kappa shape index (κ3) is 9.80. The Morgan fingerprint density at radius 2 is 1.79 bits per heavy atom. The maximum absolute atomic E-state index is 10.7. The lowest BCUT2D eigenvalue weighted by molar-refractivity contribution is 0.123. The number of hydrogen-bond donors (Lipinski definition) is 1. The number of aliphatic hydroxyl groups is 1. The first-order valence-corrected chi connectivity index (χ1v) is 12.7. The SMILES string of the molecule is C=CCCC/C=C(\CCCCCC)C(O)CO[Si](C)(C)C(C)(C)C. The van der Waals surface area contributed by atoms with Crippen molar-refractivity contribution in [2.24, 2.45) is 0 Å². The molecule has 0 spiro atoms. The summed E-state index contributed by atoms with van der Waals surface area (Å²) in [4.78, 5) is 0. The molecular formula is C21H42O2Si. The summed E-state index contributed by atoms with van der Waals surface area (Å²) >= 11 is 0. The Kier molecular flexibility index (Phi) is 11.9. The Labute approximate surface area is 152 Å². The highest BCUT2D eigenvalue weighted by atomic mass is 28.4. The van der Waals surface area contributed by atoms with E-state index in [1.54, 1.807) is 0 Å². The molecule has 142 valence electrons. The molecule has 3 heteroatoms. The van der Waals surface area contributed by atoms with Crippen LogP contribution in [0.25, 0.3) is 0 Å². The van der Waals surface area contributed by atoms with E-state index in [1.807, 2.05) is 6.08 Å². The minimum atomic E-state index is -1.80. The molecule has 0 amide bonds. The fourth-order valence-electron chi connectivity index (χ4n) is 2.32. The maximum atomic E-state index is 10.7. The summed E-state index contributed by atoms with van der Waals surface area (Å²) in [5.74, 6) is 0. The fraction of sp³-hybridized carbons (Fsp3) is 0.810. The normalized spacial score (nSPS) is 14.7. The van der Waals surface area contributed by atoms with Gasteiger partial charge in [0.1, 0.15) is 0 Å². The zero-order valence-corrected chi connectivity index (χ0v) is 18.2. The van der Waals surface area contributed by atoms with Crippen LogP contribution < -0.4 is 0 Å². The summed E-state index contributed by atoms with van der Waals surface area (Å²) in [6, 6.07) is 0. The molecule has 0 saturated carbocycles. The van der Waals surface area contributed by atoms with Crippen LogP contribution in [0.15, 0.2) is 24.3 Å². The van der Waals surface area contributed by atoms with Gasteiger partial charge < -0.3 is 9.53 Å². The van der Waals surface area contributed by atoms with Crippen molar-refractivity contribution >= 4 is 8.32 Å². The third-order valence-electron chi connectivity index (χ3n) is 5.17. The molecular weight excluding hydrogens is 312 g/mol.